The molecule has 32 heavy (non-hydrogen) atoms. The van der Waals surface area contributed by atoms with Gasteiger partial charge in [-0.3, -0.25) is 0 Å². The summed E-state index contributed by atoms with van der Waals surface area (Å²) in [5.41, 5.74) is 2.56. The number of hydrogen-bond acceptors (Lipinski definition) is 4. The van der Waals surface area contributed by atoms with Crippen molar-refractivity contribution in [1.29, 1.82) is 0 Å². The number of ether oxygens (including phenoxy) is 1. The number of rotatable bonds is 4. The molecule has 2 aromatic carbocycles. The highest BCUT2D eigenvalue weighted by molar-refractivity contribution is 6.31. The van der Waals surface area contributed by atoms with E-state index in [1.165, 1.54) is 0 Å². The number of anilines is 1. The molecule has 1 fully saturated rings. The SMILES string of the molecule is CN(c1nc2ccccc2n1Cc1ccccc1Cl)[C@@H]1CCCN(C(=O)OC(C)(C)C)C1. The second-order valence-corrected chi connectivity index (χ2v) is 9.82. The molecule has 1 aliphatic heterocycles. The summed E-state index contributed by atoms with van der Waals surface area (Å²) in [7, 11) is 2.06. The number of amides is 1. The second kappa shape index (κ2) is 9.02. The molecule has 6 nitrogen and oxygen atoms in total. The van der Waals surface area contributed by atoms with Crippen LogP contribution in [0.2, 0.25) is 5.02 Å². The third-order valence-electron chi connectivity index (χ3n) is 5.83. The number of imidazole rings is 1. The number of piperidine rings is 1. The van der Waals surface area contributed by atoms with E-state index in [1.54, 1.807) is 0 Å². The maximum Gasteiger partial charge on any atom is 0.410 e. The molecule has 3 aromatic rings. The Kier molecular flexibility index (Phi) is 6.33. The predicted octanol–water partition coefficient (Wildman–Crippen LogP) is 5.57. The predicted molar refractivity (Wildman–Crippen MR) is 130 cm³/mol. The largest absolute Gasteiger partial charge is 0.444 e. The molecule has 0 spiro atoms. The average Bonchev–Trinajstić information content (AvgIpc) is 3.12. The third-order valence-corrected chi connectivity index (χ3v) is 6.20. The van der Waals surface area contributed by atoms with Crippen molar-refractivity contribution in [2.45, 2.75) is 51.8 Å². The Morgan fingerprint density at radius 3 is 2.66 bits per heavy atom. The van der Waals surface area contributed by atoms with Gasteiger partial charge in [0.25, 0.3) is 0 Å². The van der Waals surface area contributed by atoms with Crippen LogP contribution in [0.5, 0.6) is 0 Å². The van der Waals surface area contributed by atoms with Crippen molar-refractivity contribution >= 4 is 34.7 Å². The molecule has 0 radical (unpaired) electrons. The fraction of sp³-hybridized carbons (Fsp3) is 0.440. The molecule has 4 rings (SSSR count). The molecule has 1 aliphatic rings. The molecule has 1 atom stereocenters. The number of carbonyl (C=O) groups excluding carboxylic acids is 1. The molecule has 1 aromatic heterocycles. The highest BCUT2D eigenvalue weighted by Gasteiger charge is 2.31. The maximum absolute atomic E-state index is 12.7. The molecule has 0 saturated carbocycles. The number of likely N-dealkylation sites (N-methyl/N-ethyl adjacent to an activating group) is 1. The summed E-state index contributed by atoms with van der Waals surface area (Å²) in [6, 6.07) is 16.2. The van der Waals surface area contributed by atoms with Crippen molar-refractivity contribution in [2.24, 2.45) is 0 Å². The van der Waals surface area contributed by atoms with Crippen LogP contribution in [-0.4, -0.2) is 52.3 Å². The van der Waals surface area contributed by atoms with E-state index < -0.39 is 5.60 Å². The van der Waals surface area contributed by atoms with Gasteiger partial charge >= 0.3 is 6.09 Å². The molecular weight excluding hydrogens is 424 g/mol. The van der Waals surface area contributed by atoms with Crippen molar-refractivity contribution in [3.63, 3.8) is 0 Å². The van der Waals surface area contributed by atoms with Gasteiger partial charge in [0.2, 0.25) is 5.95 Å². The lowest BCUT2D eigenvalue weighted by molar-refractivity contribution is 0.0199. The van der Waals surface area contributed by atoms with Gasteiger partial charge in [-0.2, -0.15) is 0 Å². The van der Waals surface area contributed by atoms with Gasteiger partial charge in [0, 0.05) is 31.2 Å². The van der Waals surface area contributed by atoms with E-state index in [2.05, 4.69) is 22.6 Å². The summed E-state index contributed by atoms with van der Waals surface area (Å²) < 4.78 is 7.82. The Bertz CT molecular complexity index is 1100. The van der Waals surface area contributed by atoms with E-state index in [9.17, 15) is 4.79 Å². The van der Waals surface area contributed by atoms with Crippen LogP contribution in [0.15, 0.2) is 48.5 Å². The first kappa shape index (κ1) is 22.5. The third kappa shape index (κ3) is 4.85. The summed E-state index contributed by atoms with van der Waals surface area (Å²) in [5.74, 6) is 0.877. The van der Waals surface area contributed by atoms with Gasteiger partial charge in [-0.25, -0.2) is 9.78 Å². The van der Waals surface area contributed by atoms with Crippen LogP contribution in [0, 0.1) is 0 Å². The number of aromatic nitrogens is 2. The maximum atomic E-state index is 12.7. The van der Waals surface area contributed by atoms with Gasteiger partial charge < -0.3 is 19.1 Å². The second-order valence-electron chi connectivity index (χ2n) is 9.41. The lowest BCUT2D eigenvalue weighted by Gasteiger charge is -2.38. The number of nitrogens with zero attached hydrogens (tertiary/aromatic N) is 4. The minimum atomic E-state index is -0.501. The number of carbonyl (C=O) groups is 1. The monoisotopic (exact) mass is 454 g/mol. The first-order valence-electron chi connectivity index (χ1n) is 11.1. The summed E-state index contributed by atoms with van der Waals surface area (Å²) in [6.45, 7) is 7.65. The summed E-state index contributed by atoms with van der Waals surface area (Å²) in [4.78, 5) is 21.6. The van der Waals surface area contributed by atoms with Crippen LogP contribution in [-0.2, 0) is 11.3 Å². The average molecular weight is 455 g/mol. The van der Waals surface area contributed by atoms with Crippen LogP contribution in [0.3, 0.4) is 0 Å². The van der Waals surface area contributed by atoms with Crippen molar-refractivity contribution in [3.8, 4) is 0 Å². The highest BCUT2D eigenvalue weighted by atomic mass is 35.5. The Hall–Kier alpha value is -2.73. The quantitative estimate of drug-likeness (QED) is 0.516. The number of hydrogen-bond donors (Lipinski definition) is 0. The Labute approximate surface area is 194 Å². The van der Waals surface area contributed by atoms with Crippen LogP contribution in [0.25, 0.3) is 11.0 Å². The first-order chi connectivity index (χ1) is 15.2. The van der Waals surface area contributed by atoms with E-state index in [0.717, 1.165) is 47.0 Å². The molecule has 1 saturated heterocycles. The van der Waals surface area contributed by atoms with Crippen LogP contribution in [0.1, 0.15) is 39.2 Å². The molecule has 0 N–H and O–H groups in total. The van der Waals surface area contributed by atoms with Crippen LogP contribution >= 0.6 is 11.6 Å². The van der Waals surface area contributed by atoms with Crippen molar-refractivity contribution in [3.05, 3.63) is 59.1 Å². The highest BCUT2D eigenvalue weighted by Crippen LogP contribution is 2.28. The summed E-state index contributed by atoms with van der Waals surface area (Å²) in [5, 5.41) is 0.743. The summed E-state index contributed by atoms with van der Waals surface area (Å²) in [6.07, 6.45) is 1.67. The number of benzene rings is 2. The van der Waals surface area contributed by atoms with Gasteiger partial charge in [0.05, 0.1) is 17.6 Å². The lowest BCUT2D eigenvalue weighted by Crippen LogP contribution is -2.50. The van der Waals surface area contributed by atoms with Gasteiger partial charge in [0.1, 0.15) is 5.60 Å². The van der Waals surface area contributed by atoms with Crippen molar-refractivity contribution < 1.29 is 9.53 Å². The van der Waals surface area contributed by atoms with Crippen molar-refractivity contribution in [2.75, 3.05) is 25.0 Å². The van der Waals surface area contributed by atoms with Gasteiger partial charge in [0.15, 0.2) is 0 Å². The first-order valence-corrected chi connectivity index (χ1v) is 11.5. The molecular formula is C25H31ClN4O2. The standard InChI is InChI=1S/C25H31ClN4O2/c1-25(2,3)32-24(31)29-15-9-11-19(17-29)28(4)23-27-21-13-7-8-14-22(21)30(23)16-18-10-5-6-12-20(18)26/h5-8,10,12-14,19H,9,11,15-17H2,1-4H3/t19-/m1/s1. The lowest BCUT2D eigenvalue weighted by atomic mass is 10.1. The minimum Gasteiger partial charge on any atom is -0.444 e. The molecule has 0 bridgehead atoms. The molecule has 2 heterocycles. The zero-order valence-electron chi connectivity index (χ0n) is 19.2. The number of likely N-dealkylation sites (tertiary alicyclic amines) is 1. The van der Waals surface area contributed by atoms with Crippen molar-refractivity contribution in [1.82, 2.24) is 14.5 Å². The van der Waals surface area contributed by atoms with Gasteiger partial charge in [-0.05, 0) is 57.4 Å². The molecule has 170 valence electrons. The Morgan fingerprint density at radius 1 is 1.19 bits per heavy atom. The summed E-state index contributed by atoms with van der Waals surface area (Å²) >= 11 is 6.47. The van der Waals surface area contributed by atoms with E-state index in [-0.39, 0.29) is 12.1 Å². The number of halogens is 1. The topological polar surface area (TPSA) is 50.6 Å². The van der Waals surface area contributed by atoms with Gasteiger partial charge in [-0.1, -0.05) is 41.9 Å². The van der Waals surface area contributed by atoms with E-state index in [4.69, 9.17) is 21.3 Å². The number of para-hydroxylation sites is 2. The van der Waals surface area contributed by atoms with E-state index in [1.807, 2.05) is 68.1 Å². The fourth-order valence-electron chi connectivity index (χ4n) is 4.21. The minimum absolute atomic E-state index is 0.151. The normalized spacial score (nSPS) is 16.9. The van der Waals surface area contributed by atoms with Crippen LogP contribution < -0.4 is 4.90 Å². The zero-order chi connectivity index (χ0) is 22.9. The number of fused-ring (bicyclic) bond motifs is 1. The fourth-order valence-corrected chi connectivity index (χ4v) is 4.41. The van der Waals surface area contributed by atoms with Gasteiger partial charge in [-0.15, -0.1) is 0 Å². The zero-order valence-corrected chi connectivity index (χ0v) is 20.0. The van der Waals surface area contributed by atoms with E-state index >= 15 is 0 Å². The Morgan fingerprint density at radius 2 is 1.91 bits per heavy atom. The molecule has 7 heteroatoms. The molecule has 1 amide bonds. The van der Waals surface area contributed by atoms with E-state index in [0.29, 0.717) is 13.1 Å². The van der Waals surface area contributed by atoms with Crippen LogP contribution in [0.4, 0.5) is 10.7 Å². The molecule has 0 aliphatic carbocycles. The smallest absolute Gasteiger partial charge is 0.410 e. The molecule has 0 unspecified atom stereocenters. The Balaban J connectivity index is 1.62.